The Hall–Kier alpha value is -1.95. The molecule has 0 saturated heterocycles. The summed E-state index contributed by atoms with van der Waals surface area (Å²) in [5.41, 5.74) is 3.90. The lowest BCUT2D eigenvalue weighted by molar-refractivity contribution is -0.113. The number of hydrogen-bond donors (Lipinski definition) is 2. The Kier molecular flexibility index (Phi) is 4.81. The molecule has 2 aromatic rings. The highest BCUT2D eigenvalue weighted by Crippen LogP contribution is 2.28. The molecule has 22 heavy (non-hydrogen) atoms. The quantitative estimate of drug-likeness (QED) is 0.381. The Labute approximate surface area is 127 Å². The Bertz CT molecular complexity index is 709. The molecule has 12 heteroatoms. The van der Waals surface area contributed by atoms with Crippen LogP contribution in [0.4, 0.5) is 32.8 Å². The van der Waals surface area contributed by atoms with Gasteiger partial charge in [-0.3, -0.25) is 4.79 Å². The van der Waals surface area contributed by atoms with Crippen molar-refractivity contribution in [3.63, 3.8) is 0 Å². The smallest absolute Gasteiger partial charge is 0.234 e. The van der Waals surface area contributed by atoms with E-state index in [4.69, 9.17) is 5.73 Å². The Morgan fingerprint density at radius 1 is 1.05 bits per heavy atom. The number of aromatic nitrogens is 2. The van der Waals surface area contributed by atoms with Gasteiger partial charge in [-0.1, -0.05) is 23.1 Å². The number of nitrogens with one attached hydrogen (secondary N) is 1. The molecule has 118 valence electrons. The predicted molar refractivity (Wildman–Crippen MR) is 69.9 cm³/mol. The maximum absolute atomic E-state index is 13.4. The number of benzene rings is 1. The Balaban J connectivity index is 2.12. The van der Waals surface area contributed by atoms with E-state index in [2.05, 4.69) is 10.2 Å². The van der Waals surface area contributed by atoms with Crippen molar-refractivity contribution >= 4 is 39.8 Å². The number of nitrogens with zero attached hydrogens (tertiary/aromatic N) is 2. The van der Waals surface area contributed by atoms with Gasteiger partial charge in [0.2, 0.25) is 16.9 Å². The predicted octanol–water partition coefficient (Wildman–Crippen LogP) is 2.55. The molecule has 1 heterocycles. The molecule has 0 aliphatic heterocycles. The molecule has 0 saturated carbocycles. The molecule has 0 unspecified atom stereocenters. The van der Waals surface area contributed by atoms with Crippen LogP contribution in [0.2, 0.25) is 0 Å². The van der Waals surface area contributed by atoms with E-state index >= 15 is 0 Å². The second-order valence-electron chi connectivity index (χ2n) is 3.69. The molecular weight excluding hydrogens is 351 g/mol. The summed E-state index contributed by atoms with van der Waals surface area (Å²) in [5.74, 6) is -12.2. The van der Waals surface area contributed by atoms with Crippen molar-refractivity contribution in [1.29, 1.82) is 0 Å². The minimum atomic E-state index is -2.30. The van der Waals surface area contributed by atoms with Crippen molar-refractivity contribution in [3.8, 4) is 0 Å². The number of hydrogen-bond acceptors (Lipinski definition) is 6. The van der Waals surface area contributed by atoms with Gasteiger partial charge in [0.1, 0.15) is 5.69 Å². The summed E-state index contributed by atoms with van der Waals surface area (Å²) < 4.78 is 65.8. The summed E-state index contributed by atoms with van der Waals surface area (Å²) in [4.78, 5) is 11.5. The van der Waals surface area contributed by atoms with Crippen LogP contribution in [0, 0.1) is 29.1 Å². The fourth-order valence-electron chi connectivity index (χ4n) is 1.30. The van der Waals surface area contributed by atoms with Gasteiger partial charge in [0, 0.05) is 0 Å². The van der Waals surface area contributed by atoms with Gasteiger partial charge >= 0.3 is 0 Å². The zero-order chi connectivity index (χ0) is 16.4. The van der Waals surface area contributed by atoms with Crippen molar-refractivity contribution in [3.05, 3.63) is 29.1 Å². The SMILES string of the molecule is Nc1nnc(SCC(=O)Nc2c(F)c(F)c(F)c(F)c2F)s1. The third-order valence-electron chi connectivity index (χ3n) is 2.22. The van der Waals surface area contributed by atoms with E-state index in [9.17, 15) is 26.7 Å². The molecule has 5 nitrogen and oxygen atoms in total. The minimum Gasteiger partial charge on any atom is -0.374 e. The van der Waals surface area contributed by atoms with E-state index in [1.807, 2.05) is 0 Å². The lowest BCUT2D eigenvalue weighted by Crippen LogP contribution is -2.18. The first-order chi connectivity index (χ1) is 10.3. The maximum atomic E-state index is 13.4. The number of anilines is 2. The Morgan fingerprint density at radius 2 is 1.59 bits per heavy atom. The van der Waals surface area contributed by atoms with Crippen molar-refractivity contribution < 1.29 is 26.7 Å². The molecule has 0 atom stereocenters. The average molecular weight is 356 g/mol. The number of rotatable bonds is 4. The number of thioether (sulfide) groups is 1. The van der Waals surface area contributed by atoms with E-state index in [-0.39, 0.29) is 10.9 Å². The minimum absolute atomic E-state index is 0.155. The van der Waals surface area contributed by atoms with Gasteiger partial charge in [0.05, 0.1) is 5.75 Å². The van der Waals surface area contributed by atoms with Crippen LogP contribution in [-0.4, -0.2) is 21.9 Å². The number of amides is 1. The topological polar surface area (TPSA) is 80.9 Å². The zero-order valence-electron chi connectivity index (χ0n) is 10.3. The maximum Gasteiger partial charge on any atom is 0.234 e. The fourth-order valence-corrected chi connectivity index (χ4v) is 2.73. The molecule has 0 aliphatic rings. The lowest BCUT2D eigenvalue weighted by Gasteiger charge is -2.09. The molecule has 3 N–H and O–H groups in total. The summed E-state index contributed by atoms with van der Waals surface area (Å²) in [6, 6.07) is 0. The molecule has 1 aromatic carbocycles. The highest BCUT2D eigenvalue weighted by atomic mass is 32.2. The van der Waals surface area contributed by atoms with Crippen LogP contribution < -0.4 is 11.1 Å². The zero-order valence-corrected chi connectivity index (χ0v) is 11.9. The van der Waals surface area contributed by atoms with Crippen LogP contribution in [0.15, 0.2) is 4.34 Å². The fraction of sp³-hybridized carbons (Fsp3) is 0.100. The first-order valence-corrected chi connectivity index (χ1v) is 7.14. The molecule has 1 aromatic heterocycles. The standard InChI is InChI=1S/C10H5F5N4OS2/c11-3-4(12)6(14)8(7(15)5(3)13)17-2(20)1-21-10-19-18-9(16)22-10/h1H2,(H2,16,18)(H,17,20). The molecule has 0 fully saturated rings. The van der Waals surface area contributed by atoms with Gasteiger partial charge in [0.25, 0.3) is 0 Å². The van der Waals surface area contributed by atoms with E-state index in [1.54, 1.807) is 5.32 Å². The first-order valence-electron chi connectivity index (χ1n) is 5.34. The van der Waals surface area contributed by atoms with Gasteiger partial charge < -0.3 is 11.1 Å². The van der Waals surface area contributed by atoms with Crippen LogP contribution in [-0.2, 0) is 4.79 Å². The van der Waals surface area contributed by atoms with E-state index < -0.39 is 40.7 Å². The van der Waals surface area contributed by atoms with Gasteiger partial charge in [-0.25, -0.2) is 22.0 Å². The summed E-state index contributed by atoms with van der Waals surface area (Å²) in [7, 11) is 0. The summed E-state index contributed by atoms with van der Waals surface area (Å²) in [6.45, 7) is 0. The second-order valence-corrected chi connectivity index (χ2v) is 5.92. The van der Waals surface area contributed by atoms with Crippen LogP contribution >= 0.6 is 23.1 Å². The lowest BCUT2D eigenvalue weighted by atomic mass is 10.2. The number of nitrogen functional groups attached to an aromatic ring is 1. The van der Waals surface area contributed by atoms with E-state index in [0.29, 0.717) is 4.34 Å². The molecule has 0 radical (unpaired) electrons. The normalized spacial score (nSPS) is 10.8. The highest BCUT2D eigenvalue weighted by molar-refractivity contribution is 8.01. The van der Waals surface area contributed by atoms with Crippen molar-refractivity contribution in [2.24, 2.45) is 0 Å². The second kappa shape index (κ2) is 6.44. The van der Waals surface area contributed by atoms with Crippen LogP contribution in [0.5, 0.6) is 0 Å². The molecular formula is C10H5F5N4OS2. The first kappa shape index (κ1) is 16.4. The number of carbonyl (C=O) groups is 1. The van der Waals surface area contributed by atoms with Crippen LogP contribution in [0.25, 0.3) is 0 Å². The summed E-state index contributed by atoms with van der Waals surface area (Å²) in [6.07, 6.45) is 0. The van der Waals surface area contributed by atoms with Crippen molar-refractivity contribution in [2.75, 3.05) is 16.8 Å². The van der Waals surface area contributed by atoms with Gasteiger partial charge in [0.15, 0.2) is 27.6 Å². The molecule has 0 bridgehead atoms. The molecule has 1 amide bonds. The van der Waals surface area contributed by atoms with E-state index in [1.165, 1.54) is 0 Å². The summed E-state index contributed by atoms with van der Waals surface area (Å²) >= 11 is 1.81. The van der Waals surface area contributed by atoms with Gasteiger partial charge in [-0.2, -0.15) is 0 Å². The number of carbonyl (C=O) groups excluding carboxylic acids is 1. The monoisotopic (exact) mass is 356 g/mol. The highest BCUT2D eigenvalue weighted by Gasteiger charge is 2.26. The van der Waals surface area contributed by atoms with Crippen LogP contribution in [0.3, 0.4) is 0 Å². The van der Waals surface area contributed by atoms with Gasteiger partial charge in [-0.15, -0.1) is 10.2 Å². The number of nitrogens with two attached hydrogens (primary N) is 1. The average Bonchev–Trinajstić information content (AvgIpc) is 2.91. The van der Waals surface area contributed by atoms with Crippen molar-refractivity contribution in [1.82, 2.24) is 10.2 Å². The van der Waals surface area contributed by atoms with Gasteiger partial charge in [-0.05, 0) is 0 Å². The number of halogens is 5. The molecule has 2 rings (SSSR count). The Morgan fingerprint density at radius 3 is 2.09 bits per heavy atom. The molecule has 0 aliphatic carbocycles. The molecule has 0 spiro atoms. The van der Waals surface area contributed by atoms with Crippen LogP contribution in [0.1, 0.15) is 0 Å². The van der Waals surface area contributed by atoms with E-state index in [0.717, 1.165) is 23.1 Å². The summed E-state index contributed by atoms with van der Waals surface area (Å²) in [5, 5.41) is 8.84. The third-order valence-corrected chi connectivity index (χ3v) is 4.11. The van der Waals surface area contributed by atoms with Crippen molar-refractivity contribution in [2.45, 2.75) is 4.34 Å². The largest absolute Gasteiger partial charge is 0.374 e. The third kappa shape index (κ3) is 3.27.